The Balaban J connectivity index is 2.19. The minimum absolute atomic E-state index is 0.110. The van der Waals surface area contributed by atoms with Gasteiger partial charge in [-0.25, -0.2) is 13.1 Å². The average molecular weight is 323 g/mol. The van der Waals surface area contributed by atoms with E-state index in [2.05, 4.69) is 4.72 Å². The molecule has 0 bridgehead atoms. The Hall–Kier alpha value is -1.63. The second-order valence-corrected chi connectivity index (χ2v) is 7.03. The fourth-order valence-corrected chi connectivity index (χ4v) is 3.60. The Morgan fingerprint density at radius 1 is 1.18 bits per heavy atom. The maximum absolute atomic E-state index is 12.5. The summed E-state index contributed by atoms with van der Waals surface area (Å²) in [6, 6.07) is 7.07. The molecule has 1 N–H and O–H groups in total. The predicted molar refractivity (Wildman–Crippen MR) is 84.3 cm³/mol. The van der Waals surface area contributed by atoms with Gasteiger partial charge in [-0.1, -0.05) is 6.07 Å². The van der Waals surface area contributed by atoms with E-state index in [1.165, 1.54) is 13.4 Å². The van der Waals surface area contributed by atoms with Gasteiger partial charge in [0, 0.05) is 13.7 Å². The second-order valence-electron chi connectivity index (χ2n) is 5.29. The van der Waals surface area contributed by atoms with Crippen LogP contribution < -0.4 is 4.72 Å². The van der Waals surface area contributed by atoms with E-state index in [0.717, 1.165) is 16.7 Å². The summed E-state index contributed by atoms with van der Waals surface area (Å²) < 4.78 is 38.1. The third kappa shape index (κ3) is 3.58. The summed E-state index contributed by atoms with van der Waals surface area (Å²) in [5.74, 6) is 0.585. The van der Waals surface area contributed by atoms with Crippen LogP contribution in [0.3, 0.4) is 0 Å². The summed E-state index contributed by atoms with van der Waals surface area (Å²) in [4.78, 5) is 0.296. The van der Waals surface area contributed by atoms with E-state index in [9.17, 15) is 8.42 Å². The van der Waals surface area contributed by atoms with Gasteiger partial charge in [0.05, 0.1) is 11.2 Å². The monoisotopic (exact) mass is 323 g/mol. The molecule has 1 heterocycles. The molecular weight excluding hydrogens is 302 g/mol. The number of hydrogen-bond donors (Lipinski definition) is 1. The van der Waals surface area contributed by atoms with Gasteiger partial charge in [-0.3, -0.25) is 0 Å². The van der Waals surface area contributed by atoms with Gasteiger partial charge in [-0.15, -0.1) is 0 Å². The predicted octanol–water partition coefficient (Wildman–Crippen LogP) is 2.87. The molecule has 0 radical (unpaired) electrons. The zero-order chi connectivity index (χ0) is 16.3. The maximum atomic E-state index is 12.5. The van der Waals surface area contributed by atoms with Crippen molar-refractivity contribution in [3.05, 3.63) is 53.0 Å². The van der Waals surface area contributed by atoms with Crippen molar-refractivity contribution >= 4 is 10.0 Å². The summed E-state index contributed by atoms with van der Waals surface area (Å²) >= 11 is 0. The van der Waals surface area contributed by atoms with E-state index >= 15 is 0 Å². The molecule has 1 atom stereocenters. The molecular formula is C16H21NO4S. The van der Waals surface area contributed by atoms with Crippen molar-refractivity contribution in [2.45, 2.75) is 31.8 Å². The molecule has 0 spiro atoms. The fraction of sp³-hybridized carbons (Fsp3) is 0.375. The molecule has 1 aromatic carbocycles. The van der Waals surface area contributed by atoms with Crippen molar-refractivity contribution in [3.63, 3.8) is 0 Å². The molecule has 0 saturated heterocycles. The van der Waals surface area contributed by atoms with Gasteiger partial charge in [0.15, 0.2) is 0 Å². The Morgan fingerprint density at radius 2 is 1.86 bits per heavy atom. The normalized spacial score (nSPS) is 13.3. The zero-order valence-electron chi connectivity index (χ0n) is 13.2. The smallest absolute Gasteiger partial charge is 0.240 e. The number of sulfonamides is 1. The molecule has 22 heavy (non-hydrogen) atoms. The van der Waals surface area contributed by atoms with Crippen LogP contribution in [0.4, 0.5) is 0 Å². The van der Waals surface area contributed by atoms with Crippen molar-refractivity contribution in [1.82, 2.24) is 4.72 Å². The van der Waals surface area contributed by atoms with Crippen LogP contribution in [0.5, 0.6) is 0 Å². The number of nitrogens with one attached hydrogen (secondary N) is 1. The van der Waals surface area contributed by atoms with Crippen LogP contribution in [0.25, 0.3) is 0 Å². The van der Waals surface area contributed by atoms with Crippen LogP contribution in [0, 0.1) is 20.8 Å². The maximum Gasteiger partial charge on any atom is 0.240 e. The topological polar surface area (TPSA) is 68.5 Å². The quantitative estimate of drug-likeness (QED) is 0.887. The van der Waals surface area contributed by atoms with E-state index in [1.807, 2.05) is 19.9 Å². The van der Waals surface area contributed by atoms with Gasteiger partial charge < -0.3 is 9.15 Å². The first kappa shape index (κ1) is 16.7. The molecule has 0 aliphatic heterocycles. The van der Waals surface area contributed by atoms with Crippen molar-refractivity contribution in [2.24, 2.45) is 0 Å². The summed E-state index contributed by atoms with van der Waals surface area (Å²) in [6.07, 6.45) is 1.07. The molecule has 0 amide bonds. The highest BCUT2D eigenvalue weighted by Gasteiger charge is 2.21. The molecule has 5 nitrogen and oxygen atoms in total. The van der Waals surface area contributed by atoms with Crippen LogP contribution >= 0.6 is 0 Å². The second kappa shape index (κ2) is 6.64. The number of rotatable bonds is 6. The molecule has 2 rings (SSSR count). The molecule has 1 unspecified atom stereocenters. The van der Waals surface area contributed by atoms with Crippen molar-refractivity contribution in [2.75, 3.05) is 13.7 Å². The van der Waals surface area contributed by atoms with Crippen LogP contribution in [0.2, 0.25) is 0 Å². The van der Waals surface area contributed by atoms with E-state index < -0.39 is 16.1 Å². The SMILES string of the molecule is COC(CNS(=O)(=O)c1cc(C)c(C)cc1C)c1ccco1. The number of aryl methyl sites for hydroxylation is 3. The average Bonchev–Trinajstić information content (AvgIpc) is 2.97. The number of ether oxygens (including phenoxy) is 1. The Bertz CT molecular complexity index is 736. The van der Waals surface area contributed by atoms with Gasteiger partial charge in [0.25, 0.3) is 0 Å². The molecule has 6 heteroatoms. The molecule has 120 valence electrons. The summed E-state index contributed by atoms with van der Waals surface area (Å²) in [6.45, 7) is 5.76. The highest BCUT2D eigenvalue weighted by Crippen LogP contribution is 2.21. The lowest BCUT2D eigenvalue weighted by molar-refractivity contribution is 0.0878. The third-order valence-corrected chi connectivity index (χ3v) is 5.25. The van der Waals surface area contributed by atoms with Crippen molar-refractivity contribution in [3.8, 4) is 0 Å². The van der Waals surface area contributed by atoms with Gasteiger partial charge in [0.2, 0.25) is 10.0 Å². The van der Waals surface area contributed by atoms with Crippen LogP contribution in [-0.2, 0) is 14.8 Å². The van der Waals surface area contributed by atoms with Crippen LogP contribution in [0.1, 0.15) is 28.6 Å². The van der Waals surface area contributed by atoms with Crippen molar-refractivity contribution < 1.29 is 17.6 Å². The zero-order valence-corrected chi connectivity index (χ0v) is 14.0. The highest BCUT2D eigenvalue weighted by atomic mass is 32.2. The number of furan rings is 1. The van der Waals surface area contributed by atoms with Gasteiger partial charge in [-0.2, -0.15) is 0 Å². The summed E-state index contributed by atoms with van der Waals surface area (Å²) in [5, 5.41) is 0. The highest BCUT2D eigenvalue weighted by molar-refractivity contribution is 7.89. The lowest BCUT2D eigenvalue weighted by atomic mass is 10.1. The van der Waals surface area contributed by atoms with Gasteiger partial charge in [0.1, 0.15) is 11.9 Å². The first-order chi connectivity index (χ1) is 10.3. The fourth-order valence-electron chi connectivity index (χ4n) is 2.26. The van der Waals surface area contributed by atoms with Crippen LogP contribution in [-0.4, -0.2) is 22.1 Å². The number of benzene rings is 1. The Morgan fingerprint density at radius 3 is 2.45 bits per heavy atom. The standard InChI is InChI=1S/C16H21NO4S/c1-11-8-13(3)16(9-12(11)2)22(18,19)17-10-15(20-4)14-6-5-7-21-14/h5-9,15,17H,10H2,1-4H3. The largest absolute Gasteiger partial charge is 0.467 e. The molecule has 2 aromatic rings. The molecule has 0 aliphatic rings. The van der Waals surface area contributed by atoms with E-state index in [0.29, 0.717) is 10.7 Å². The van der Waals surface area contributed by atoms with Crippen molar-refractivity contribution in [1.29, 1.82) is 0 Å². The number of hydrogen-bond acceptors (Lipinski definition) is 4. The molecule has 0 aliphatic carbocycles. The third-order valence-electron chi connectivity index (χ3n) is 3.68. The number of methoxy groups -OCH3 is 1. The lowest BCUT2D eigenvalue weighted by Crippen LogP contribution is -2.29. The molecule has 0 saturated carbocycles. The minimum Gasteiger partial charge on any atom is -0.467 e. The Labute approximate surface area is 131 Å². The first-order valence-corrected chi connectivity index (χ1v) is 8.47. The first-order valence-electron chi connectivity index (χ1n) is 6.99. The van der Waals surface area contributed by atoms with Crippen LogP contribution in [0.15, 0.2) is 39.8 Å². The van der Waals surface area contributed by atoms with Gasteiger partial charge in [-0.05, 0) is 55.7 Å². The molecule has 0 fully saturated rings. The molecule has 1 aromatic heterocycles. The minimum atomic E-state index is -3.60. The summed E-state index contributed by atoms with van der Waals surface area (Å²) in [7, 11) is -2.08. The van der Waals surface area contributed by atoms with E-state index in [4.69, 9.17) is 9.15 Å². The summed E-state index contributed by atoms with van der Waals surface area (Å²) in [5.41, 5.74) is 2.74. The lowest BCUT2D eigenvalue weighted by Gasteiger charge is -2.16. The van der Waals surface area contributed by atoms with E-state index in [-0.39, 0.29) is 6.54 Å². The van der Waals surface area contributed by atoms with E-state index in [1.54, 1.807) is 25.1 Å². The Kier molecular flexibility index (Phi) is 5.05. The van der Waals surface area contributed by atoms with Gasteiger partial charge >= 0.3 is 0 Å².